The highest BCUT2D eigenvalue weighted by molar-refractivity contribution is 5.16. The Morgan fingerprint density at radius 2 is 1.62 bits per heavy atom. The maximum Gasteiger partial charge on any atom is -0.0210 e. The first-order chi connectivity index (χ1) is 7.31. The SMILES string of the molecule is C[C@@H]1CC[C@]23C[C@H]1C(C)(C)[C@@H]2CCC3(C)C. The predicted octanol–water partition coefficient (Wildman–Crippen LogP) is 4.89. The fraction of sp³-hybridized carbons (Fsp3) is 1.00. The van der Waals surface area contributed by atoms with Gasteiger partial charge in [-0.1, -0.05) is 34.6 Å². The number of hydrogen-bond donors (Lipinski definition) is 0. The van der Waals surface area contributed by atoms with Gasteiger partial charge in [0.05, 0.1) is 0 Å². The Bertz CT molecular complexity index is 312. The van der Waals surface area contributed by atoms with Gasteiger partial charge in [0.25, 0.3) is 0 Å². The monoisotopic (exact) mass is 220 g/mol. The first kappa shape index (κ1) is 11.1. The van der Waals surface area contributed by atoms with E-state index in [1.807, 2.05) is 0 Å². The van der Waals surface area contributed by atoms with Crippen LogP contribution in [0.2, 0.25) is 0 Å². The zero-order chi connectivity index (χ0) is 11.8. The largest absolute Gasteiger partial charge is 0.0622 e. The molecule has 0 aromatic carbocycles. The molecule has 4 atom stereocenters. The van der Waals surface area contributed by atoms with Gasteiger partial charge >= 0.3 is 0 Å². The van der Waals surface area contributed by atoms with Gasteiger partial charge in [0.2, 0.25) is 0 Å². The Morgan fingerprint density at radius 3 is 2.31 bits per heavy atom. The van der Waals surface area contributed by atoms with Crippen molar-refractivity contribution in [2.45, 2.75) is 66.7 Å². The van der Waals surface area contributed by atoms with Gasteiger partial charge < -0.3 is 0 Å². The quantitative estimate of drug-likeness (QED) is 0.545. The lowest BCUT2D eigenvalue weighted by Crippen LogP contribution is -2.37. The summed E-state index contributed by atoms with van der Waals surface area (Å²) >= 11 is 0. The molecule has 3 saturated carbocycles. The van der Waals surface area contributed by atoms with Crippen molar-refractivity contribution in [3.8, 4) is 0 Å². The molecule has 92 valence electrons. The molecule has 0 aromatic rings. The Balaban J connectivity index is 2.08. The second-order valence-corrected chi connectivity index (χ2v) is 8.28. The van der Waals surface area contributed by atoms with Gasteiger partial charge in [0.1, 0.15) is 0 Å². The molecule has 0 heteroatoms. The lowest BCUT2D eigenvalue weighted by atomic mass is 9.59. The van der Waals surface area contributed by atoms with Crippen LogP contribution in [0.15, 0.2) is 0 Å². The molecule has 3 fully saturated rings. The normalized spacial score (nSPS) is 52.7. The third kappa shape index (κ3) is 1.03. The molecule has 0 aromatic heterocycles. The van der Waals surface area contributed by atoms with E-state index in [0.29, 0.717) is 16.2 Å². The molecular weight excluding hydrogens is 192 g/mol. The molecule has 0 unspecified atom stereocenters. The summed E-state index contributed by atoms with van der Waals surface area (Å²) in [4.78, 5) is 0. The van der Waals surface area contributed by atoms with Gasteiger partial charge in [-0.15, -0.1) is 0 Å². The predicted molar refractivity (Wildman–Crippen MR) is 69.2 cm³/mol. The summed E-state index contributed by atoms with van der Waals surface area (Å²) in [5.41, 5.74) is 1.95. The molecule has 0 N–H and O–H groups in total. The average molecular weight is 220 g/mol. The van der Waals surface area contributed by atoms with Crippen molar-refractivity contribution in [1.82, 2.24) is 0 Å². The van der Waals surface area contributed by atoms with Crippen molar-refractivity contribution in [2.24, 2.45) is 34.0 Å². The second-order valence-electron chi connectivity index (χ2n) is 8.28. The molecule has 1 spiro atoms. The van der Waals surface area contributed by atoms with Crippen LogP contribution in [0.1, 0.15) is 66.7 Å². The molecule has 3 aliphatic rings. The summed E-state index contributed by atoms with van der Waals surface area (Å²) < 4.78 is 0. The van der Waals surface area contributed by atoms with Gasteiger partial charge in [0.15, 0.2) is 0 Å². The third-order valence-electron chi connectivity index (χ3n) is 7.24. The van der Waals surface area contributed by atoms with Crippen LogP contribution in [0, 0.1) is 34.0 Å². The molecule has 0 amide bonds. The van der Waals surface area contributed by atoms with Gasteiger partial charge in [-0.2, -0.15) is 0 Å². The maximum absolute atomic E-state index is 2.58. The number of rotatable bonds is 0. The van der Waals surface area contributed by atoms with E-state index in [9.17, 15) is 0 Å². The van der Waals surface area contributed by atoms with E-state index in [2.05, 4.69) is 34.6 Å². The van der Waals surface area contributed by atoms with Crippen LogP contribution in [0.3, 0.4) is 0 Å². The first-order valence-electron chi connectivity index (χ1n) is 7.31. The fourth-order valence-electron chi connectivity index (χ4n) is 6.15. The Labute approximate surface area is 101 Å². The highest BCUT2D eigenvalue weighted by Gasteiger charge is 2.67. The zero-order valence-corrected chi connectivity index (χ0v) is 11.8. The highest BCUT2D eigenvalue weighted by atomic mass is 14.7. The van der Waals surface area contributed by atoms with Crippen LogP contribution >= 0.6 is 0 Å². The Hall–Kier alpha value is 0. The summed E-state index contributed by atoms with van der Waals surface area (Å²) in [5.74, 6) is 3.00. The van der Waals surface area contributed by atoms with Gasteiger partial charge in [-0.3, -0.25) is 0 Å². The van der Waals surface area contributed by atoms with Crippen LogP contribution in [0.4, 0.5) is 0 Å². The summed E-state index contributed by atoms with van der Waals surface area (Å²) in [5, 5.41) is 0. The molecule has 3 rings (SSSR count). The molecule has 0 radical (unpaired) electrons. The lowest BCUT2D eigenvalue weighted by Gasteiger charge is -2.46. The Kier molecular flexibility index (Phi) is 1.99. The lowest BCUT2D eigenvalue weighted by molar-refractivity contribution is 0.0353. The van der Waals surface area contributed by atoms with Gasteiger partial charge in [-0.25, -0.2) is 0 Å². The smallest absolute Gasteiger partial charge is 0.0210 e. The molecule has 0 saturated heterocycles. The second kappa shape index (κ2) is 2.87. The van der Waals surface area contributed by atoms with Crippen molar-refractivity contribution >= 4 is 0 Å². The van der Waals surface area contributed by atoms with Gasteiger partial charge in [0, 0.05) is 0 Å². The van der Waals surface area contributed by atoms with E-state index >= 15 is 0 Å². The van der Waals surface area contributed by atoms with Crippen molar-refractivity contribution in [3.63, 3.8) is 0 Å². The molecular formula is C16H28. The van der Waals surface area contributed by atoms with E-state index in [0.717, 1.165) is 17.8 Å². The molecule has 0 heterocycles. The van der Waals surface area contributed by atoms with E-state index in [4.69, 9.17) is 0 Å². The van der Waals surface area contributed by atoms with Crippen molar-refractivity contribution in [1.29, 1.82) is 0 Å². The minimum absolute atomic E-state index is 0.615. The molecule has 2 bridgehead atoms. The molecule has 3 aliphatic carbocycles. The van der Waals surface area contributed by atoms with Crippen molar-refractivity contribution in [2.75, 3.05) is 0 Å². The minimum atomic E-state index is 0.615. The summed E-state index contributed by atoms with van der Waals surface area (Å²) in [6.45, 7) is 12.8. The van der Waals surface area contributed by atoms with E-state index in [1.54, 1.807) is 6.42 Å². The summed E-state index contributed by atoms with van der Waals surface area (Å²) in [7, 11) is 0. The number of fused-ring (bicyclic) bond motifs is 1. The molecule has 0 aliphatic heterocycles. The third-order valence-corrected chi connectivity index (χ3v) is 7.24. The summed E-state index contributed by atoms with van der Waals surface area (Å²) in [6, 6.07) is 0. The number of hydrogen-bond acceptors (Lipinski definition) is 0. The maximum atomic E-state index is 2.58. The molecule has 16 heavy (non-hydrogen) atoms. The standard InChI is InChI=1S/C16H28/c1-11-6-9-16-10-12(11)15(4,5)13(16)7-8-14(16,2)3/h11-13H,6-10H2,1-5H3/t11-,12-,13+,16+/m1/s1. The van der Waals surface area contributed by atoms with E-state index < -0.39 is 0 Å². The van der Waals surface area contributed by atoms with E-state index in [-0.39, 0.29) is 0 Å². The Morgan fingerprint density at radius 1 is 0.938 bits per heavy atom. The summed E-state index contributed by atoms with van der Waals surface area (Å²) in [6.07, 6.45) is 7.53. The highest BCUT2D eigenvalue weighted by Crippen LogP contribution is 2.75. The van der Waals surface area contributed by atoms with Crippen LogP contribution in [-0.2, 0) is 0 Å². The van der Waals surface area contributed by atoms with E-state index in [1.165, 1.54) is 25.7 Å². The average Bonchev–Trinajstić information content (AvgIpc) is 2.53. The minimum Gasteiger partial charge on any atom is -0.0622 e. The van der Waals surface area contributed by atoms with Crippen molar-refractivity contribution < 1.29 is 0 Å². The van der Waals surface area contributed by atoms with Crippen LogP contribution in [0.5, 0.6) is 0 Å². The topological polar surface area (TPSA) is 0 Å². The van der Waals surface area contributed by atoms with Crippen LogP contribution in [-0.4, -0.2) is 0 Å². The first-order valence-corrected chi connectivity index (χ1v) is 7.31. The van der Waals surface area contributed by atoms with Crippen LogP contribution < -0.4 is 0 Å². The fourth-order valence-corrected chi connectivity index (χ4v) is 6.15. The van der Waals surface area contributed by atoms with Crippen LogP contribution in [0.25, 0.3) is 0 Å². The zero-order valence-electron chi connectivity index (χ0n) is 11.8. The van der Waals surface area contributed by atoms with Crippen molar-refractivity contribution in [3.05, 3.63) is 0 Å². The van der Waals surface area contributed by atoms with Gasteiger partial charge in [-0.05, 0) is 66.1 Å². The molecule has 0 nitrogen and oxygen atoms in total.